The molecule has 9 heteroatoms. The first-order valence-corrected chi connectivity index (χ1v) is 9.04. The number of nitrogens with zero attached hydrogens (tertiary/aromatic N) is 2. The van der Waals surface area contributed by atoms with E-state index < -0.39 is 29.7 Å². The first-order valence-electron chi connectivity index (χ1n) is 9.04. The highest BCUT2D eigenvalue weighted by Gasteiger charge is 2.45. The lowest BCUT2D eigenvalue weighted by Gasteiger charge is -2.27. The van der Waals surface area contributed by atoms with Gasteiger partial charge in [0.1, 0.15) is 6.04 Å². The van der Waals surface area contributed by atoms with Crippen LogP contribution in [0.15, 0.2) is 18.2 Å². The van der Waals surface area contributed by atoms with Crippen molar-refractivity contribution in [1.29, 1.82) is 0 Å². The highest BCUT2D eigenvalue weighted by atomic mass is 16.2. The molecular weight excluding hydrogens is 364 g/mol. The van der Waals surface area contributed by atoms with Gasteiger partial charge in [0.25, 0.3) is 11.8 Å². The molecule has 0 bridgehead atoms. The van der Waals surface area contributed by atoms with E-state index in [1.54, 1.807) is 12.1 Å². The molecule has 0 radical (unpaired) electrons. The normalized spacial score (nSPS) is 19.1. The van der Waals surface area contributed by atoms with Crippen LogP contribution in [0.1, 0.15) is 45.5 Å². The third kappa shape index (κ3) is 3.79. The molecule has 0 saturated carbocycles. The Labute approximate surface area is 162 Å². The molecule has 1 atom stereocenters. The third-order valence-electron chi connectivity index (χ3n) is 4.82. The number of carbonyl (C=O) groups is 5. The number of amides is 5. The molecule has 1 aromatic carbocycles. The molecule has 2 aliphatic heterocycles. The summed E-state index contributed by atoms with van der Waals surface area (Å²) in [5, 5.41) is 4.92. The van der Waals surface area contributed by atoms with Crippen LogP contribution < -0.4 is 10.6 Å². The third-order valence-corrected chi connectivity index (χ3v) is 4.82. The maximum Gasteiger partial charge on any atom is 0.262 e. The molecule has 1 aromatic rings. The first kappa shape index (κ1) is 19.7. The fraction of sp³-hybridized carbons (Fsp3) is 0.421. The van der Waals surface area contributed by atoms with Crippen molar-refractivity contribution in [3.8, 4) is 0 Å². The van der Waals surface area contributed by atoms with Gasteiger partial charge in [-0.25, -0.2) is 0 Å². The van der Waals surface area contributed by atoms with Crippen molar-refractivity contribution in [2.75, 3.05) is 20.6 Å². The number of rotatable bonds is 6. The molecule has 5 amide bonds. The van der Waals surface area contributed by atoms with Crippen molar-refractivity contribution in [2.24, 2.45) is 0 Å². The van der Waals surface area contributed by atoms with Crippen molar-refractivity contribution >= 4 is 29.5 Å². The fourth-order valence-corrected chi connectivity index (χ4v) is 3.34. The number of carbonyl (C=O) groups excluding carboxylic acids is 5. The summed E-state index contributed by atoms with van der Waals surface area (Å²) in [6.07, 6.45) is 0.489. The van der Waals surface area contributed by atoms with E-state index >= 15 is 0 Å². The Balaban J connectivity index is 1.77. The lowest BCUT2D eigenvalue weighted by molar-refractivity contribution is -0.136. The van der Waals surface area contributed by atoms with Gasteiger partial charge < -0.3 is 10.2 Å². The standard InChI is InChI=1S/C19H22N4O5/c1-22(2)9-8-14(24)20-10-11-4-3-5-12-16(11)19(28)23(18(12)27)13-6-7-15(25)21-17(13)26/h3-5,13H,6-10H2,1-2H3,(H,20,24)(H,21,25,26). The Morgan fingerprint density at radius 3 is 2.64 bits per heavy atom. The van der Waals surface area contributed by atoms with E-state index in [0.717, 1.165) is 4.90 Å². The smallest absolute Gasteiger partial charge is 0.262 e. The largest absolute Gasteiger partial charge is 0.352 e. The minimum atomic E-state index is -1.01. The van der Waals surface area contributed by atoms with E-state index in [-0.39, 0.29) is 36.4 Å². The number of piperidine rings is 1. The molecule has 28 heavy (non-hydrogen) atoms. The summed E-state index contributed by atoms with van der Waals surface area (Å²) in [6.45, 7) is 0.705. The maximum atomic E-state index is 12.9. The second-order valence-corrected chi connectivity index (χ2v) is 7.12. The number of nitrogens with one attached hydrogen (secondary N) is 2. The van der Waals surface area contributed by atoms with Crippen LogP contribution in [-0.2, 0) is 20.9 Å². The predicted octanol–water partition coefficient (Wildman–Crippen LogP) is -0.344. The van der Waals surface area contributed by atoms with Gasteiger partial charge in [-0.2, -0.15) is 0 Å². The summed E-state index contributed by atoms with van der Waals surface area (Å²) in [5.74, 6) is -2.36. The molecule has 148 valence electrons. The van der Waals surface area contributed by atoms with Gasteiger partial charge >= 0.3 is 0 Å². The highest BCUT2D eigenvalue weighted by Crippen LogP contribution is 2.29. The number of hydrogen-bond acceptors (Lipinski definition) is 6. The zero-order valence-corrected chi connectivity index (χ0v) is 15.8. The van der Waals surface area contributed by atoms with Gasteiger partial charge in [-0.15, -0.1) is 0 Å². The Hall–Kier alpha value is -3.07. The number of hydrogen-bond donors (Lipinski definition) is 2. The molecule has 0 spiro atoms. The lowest BCUT2D eigenvalue weighted by Crippen LogP contribution is -2.54. The van der Waals surface area contributed by atoms with Crippen molar-refractivity contribution in [1.82, 2.24) is 20.4 Å². The lowest BCUT2D eigenvalue weighted by atomic mass is 10.0. The van der Waals surface area contributed by atoms with Gasteiger partial charge in [-0.3, -0.25) is 34.2 Å². The molecule has 9 nitrogen and oxygen atoms in total. The highest BCUT2D eigenvalue weighted by molar-refractivity contribution is 6.24. The summed E-state index contributed by atoms with van der Waals surface area (Å²) in [5.41, 5.74) is 0.920. The molecule has 0 aromatic heterocycles. The first-order chi connectivity index (χ1) is 13.3. The van der Waals surface area contributed by atoms with Crippen LogP contribution in [0.2, 0.25) is 0 Å². The summed E-state index contributed by atoms with van der Waals surface area (Å²) < 4.78 is 0. The Kier molecular flexibility index (Phi) is 5.55. The van der Waals surface area contributed by atoms with Crippen LogP contribution in [0.4, 0.5) is 0 Å². The van der Waals surface area contributed by atoms with Crippen molar-refractivity contribution in [3.63, 3.8) is 0 Å². The van der Waals surface area contributed by atoms with Gasteiger partial charge in [-0.1, -0.05) is 12.1 Å². The monoisotopic (exact) mass is 386 g/mol. The molecule has 2 aliphatic rings. The average molecular weight is 386 g/mol. The van der Waals surface area contributed by atoms with Crippen LogP contribution in [0.25, 0.3) is 0 Å². The summed E-state index contributed by atoms with van der Waals surface area (Å²) in [4.78, 5) is 63.9. The van der Waals surface area contributed by atoms with E-state index in [1.807, 2.05) is 19.0 Å². The number of imide groups is 2. The zero-order chi connectivity index (χ0) is 20.4. The van der Waals surface area contributed by atoms with Gasteiger partial charge in [0, 0.05) is 25.9 Å². The van der Waals surface area contributed by atoms with E-state index in [4.69, 9.17) is 0 Å². The molecule has 3 rings (SSSR count). The summed E-state index contributed by atoms with van der Waals surface area (Å²) in [7, 11) is 3.73. The van der Waals surface area contributed by atoms with Crippen molar-refractivity contribution < 1.29 is 24.0 Å². The number of benzene rings is 1. The Bertz CT molecular complexity index is 864. The molecule has 1 saturated heterocycles. The number of fused-ring (bicyclic) bond motifs is 1. The van der Waals surface area contributed by atoms with Crippen LogP contribution >= 0.6 is 0 Å². The predicted molar refractivity (Wildman–Crippen MR) is 98.1 cm³/mol. The Morgan fingerprint density at radius 1 is 1.21 bits per heavy atom. The van der Waals surface area contributed by atoms with Gasteiger partial charge in [0.2, 0.25) is 17.7 Å². The topological polar surface area (TPSA) is 116 Å². The minimum Gasteiger partial charge on any atom is -0.352 e. The van der Waals surface area contributed by atoms with E-state index in [1.165, 1.54) is 6.07 Å². The second kappa shape index (κ2) is 7.89. The molecule has 2 N–H and O–H groups in total. The zero-order valence-electron chi connectivity index (χ0n) is 15.8. The maximum absolute atomic E-state index is 12.9. The van der Waals surface area contributed by atoms with Crippen LogP contribution in [0.5, 0.6) is 0 Å². The van der Waals surface area contributed by atoms with Crippen LogP contribution in [-0.4, -0.2) is 66.0 Å². The van der Waals surface area contributed by atoms with Crippen LogP contribution in [0, 0.1) is 0 Å². The molecular formula is C19H22N4O5. The van der Waals surface area contributed by atoms with E-state index in [9.17, 15) is 24.0 Å². The van der Waals surface area contributed by atoms with Crippen molar-refractivity contribution in [3.05, 3.63) is 34.9 Å². The van der Waals surface area contributed by atoms with E-state index in [0.29, 0.717) is 18.5 Å². The minimum absolute atomic E-state index is 0.0681. The molecule has 1 fully saturated rings. The van der Waals surface area contributed by atoms with Gasteiger partial charge in [0.15, 0.2) is 0 Å². The van der Waals surface area contributed by atoms with Crippen molar-refractivity contribution in [2.45, 2.75) is 31.8 Å². The average Bonchev–Trinajstić information content (AvgIpc) is 2.90. The summed E-state index contributed by atoms with van der Waals surface area (Å²) >= 11 is 0. The SMILES string of the molecule is CN(C)CCC(=O)NCc1cccc2c1C(=O)N(C1CCC(=O)NC1=O)C2=O. The second-order valence-electron chi connectivity index (χ2n) is 7.12. The van der Waals surface area contributed by atoms with Gasteiger partial charge in [-0.05, 0) is 32.1 Å². The molecule has 2 heterocycles. The quantitative estimate of drug-likeness (QED) is 0.646. The van der Waals surface area contributed by atoms with Gasteiger partial charge in [0.05, 0.1) is 11.1 Å². The molecule has 0 aliphatic carbocycles. The summed E-state index contributed by atoms with van der Waals surface area (Å²) in [6, 6.07) is 3.83. The fourth-order valence-electron chi connectivity index (χ4n) is 3.34. The van der Waals surface area contributed by atoms with E-state index in [2.05, 4.69) is 10.6 Å². The van der Waals surface area contributed by atoms with Crippen LogP contribution in [0.3, 0.4) is 0 Å². The Morgan fingerprint density at radius 2 is 1.96 bits per heavy atom. The molecule has 1 unspecified atom stereocenters.